The van der Waals surface area contributed by atoms with Crippen LogP contribution in [0.5, 0.6) is 17.2 Å². The molecular weight excluding hydrogens is 406 g/mol. The molecule has 0 aromatic heterocycles. The van der Waals surface area contributed by atoms with Gasteiger partial charge in [0.1, 0.15) is 17.2 Å². The minimum atomic E-state index is -0.776. The van der Waals surface area contributed by atoms with Crippen molar-refractivity contribution in [3.63, 3.8) is 0 Å². The molecule has 30 heavy (non-hydrogen) atoms. The first-order chi connectivity index (χ1) is 14.5. The molecule has 0 spiro atoms. The van der Waals surface area contributed by atoms with Crippen LogP contribution in [0.3, 0.4) is 0 Å². The van der Waals surface area contributed by atoms with Gasteiger partial charge in [0.15, 0.2) is 0 Å². The second-order valence-corrected chi connectivity index (χ2v) is 7.70. The van der Waals surface area contributed by atoms with Crippen LogP contribution in [0, 0.1) is 5.92 Å². The van der Waals surface area contributed by atoms with Crippen molar-refractivity contribution in [2.75, 3.05) is 33.9 Å². The van der Waals surface area contributed by atoms with Crippen LogP contribution in [0.15, 0.2) is 36.4 Å². The number of carboxylic acid groups (broad SMARTS) is 1. The molecule has 0 saturated carbocycles. The second kappa shape index (κ2) is 10.0. The Balaban J connectivity index is 2.21. The Hall–Kier alpha value is -2.44. The summed E-state index contributed by atoms with van der Waals surface area (Å²) in [4.78, 5) is 13.9. The Morgan fingerprint density at radius 3 is 2.50 bits per heavy atom. The molecule has 1 fully saturated rings. The zero-order valence-electron chi connectivity index (χ0n) is 17.6. The predicted molar refractivity (Wildman–Crippen MR) is 116 cm³/mol. The third-order valence-electron chi connectivity index (χ3n) is 5.47. The van der Waals surface area contributed by atoms with Crippen molar-refractivity contribution in [3.8, 4) is 17.2 Å². The molecular formula is C23H28ClNO5. The van der Waals surface area contributed by atoms with Crippen LogP contribution < -0.4 is 14.2 Å². The SMILES string of the molecule is CCOc1ccc(Cl)cc1C(c1c(OC)cccc1OC)N1CCCC(C(=O)O)C1. The minimum absolute atomic E-state index is 0.335. The van der Waals surface area contributed by atoms with Crippen molar-refractivity contribution in [1.29, 1.82) is 0 Å². The van der Waals surface area contributed by atoms with E-state index in [1.165, 1.54) is 0 Å². The fourth-order valence-corrected chi connectivity index (χ4v) is 4.33. The Morgan fingerprint density at radius 2 is 1.90 bits per heavy atom. The number of rotatable bonds is 8. The van der Waals surface area contributed by atoms with Crippen LogP contribution >= 0.6 is 11.6 Å². The molecule has 2 aromatic rings. The number of carbonyl (C=O) groups is 1. The lowest BCUT2D eigenvalue weighted by Crippen LogP contribution is -2.41. The Labute approximate surface area is 182 Å². The Bertz CT molecular complexity index is 866. The van der Waals surface area contributed by atoms with Crippen LogP contribution in [-0.4, -0.2) is 49.9 Å². The van der Waals surface area contributed by atoms with Gasteiger partial charge in [-0.2, -0.15) is 0 Å². The highest BCUT2D eigenvalue weighted by molar-refractivity contribution is 6.30. The van der Waals surface area contributed by atoms with Gasteiger partial charge in [0.2, 0.25) is 0 Å². The average Bonchev–Trinajstić information content (AvgIpc) is 2.76. The number of nitrogens with zero attached hydrogens (tertiary/aromatic N) is 1. The molecule has 1 saturated heterocycles. The highest BCUT2D eigenvalue weighted by atomic mass is 35.5. The van der Waals surface area contributed by atoms with Crippen LogP contribution in [0.25, 0.3) is 0 Å². The molecule has 162 valence electrons. The fourth-order valence-electron chi connectivity index (χ4n) is 4.15. The van der Waals surface area contributed by atoms with Gasteiger partial charge in [0.05, 0.1) is 38.3 Å². The van der Waals surface area contributed by atoms with Gasteiger partial charge >= 0.3 is 5.97 Å². The van der Waals surface area contributed by atoms with Gasteiger partial charge in [-0.25, -0.2) is 0 Å². The first-order valence-electron chi connectivity index (χ1n) is 10.1. The van der Waals surface area contributed by atoms with E-state index in [2.05, 4.69) is 4.90 Å². The summed E-state index contributed by atoms with van der Waals surface area (Å²) < 4.78 is 17.3. The van der Waals surface area contributed by atoms with Gasteiger partial charge in [-0.05, 0) is 56.6 Å². The smallest absolute Gasteiger partial charge is 0.307 e. The number of methoxy groups -OCH3 is 2. The summed E-state index contributed by atoms with van der Waals surface area (Å²) in [7, 11) is 3.24. The third-order valence-corrected chi connectivity index (χ3v) is 5.71. The number of hydrogen-bond acceptors (Lipinski definition) is 5. The molecule has 0 amide bonds. The molecule has 1 N–H and O–H groups in total. The summed E-state index contributed by atoms with van der Waals surface area (Å²) in [6, 6.07) is 10.8. The highest BCUT2D eigenvalue weighted by Crippen LogP contribution is 2.45. The van der Waals surface area contributed by atoms with Crippen LogP contribution in [-0.2, 0) is 4.79 Å². The van der Waals surface area contributed by atoms with Crippen LogP contribution in [0.4, 0.5) is 0 Å². The van der Waals surface area contributed by atoms with Crippen molar-refractivity contribution >= 4 is 17.6 Å². The molecule has 1 aliphatic heterocycles. The van der Waals surface area contributed by atoms with E-state index in [9.17, 15) is 9.90 Å². The van der Waals surface area contributed by atoms with Crippen LogP contribution in [0.1, 0.15) is 36.9 Å². The third kappa shape index (κ3) is 4.65. The normalized spacial score (nSPS) is 17.9. The number of benzene rings is 2. The lowest BCUT2D eigenvalue weighted by Gasteiger charge is -2.39. The number of aliphatic carboxylic acids is 1. The van der Waals surface area contributed by atoms with E-state index in [1.807, 2.05) is 37.3 Å². The van der Waals surface area contributed by atoms with Crippen molar-refractivity contribution in [3.05, 3.63) is 52.5 Å². The largest absolute Gasteiger partial charge is 0.496 e. The van der Waals surface area contributed by atoms with E-state index in [-0.39, 0.29) is 6.04 Å². The van der Waals surface area contributed by atoms with Gasteiger partial charge in [0.25, 0.3) is 0 Å². The maximum atomic E-state index is 11.7. The maximum absolute atomic E-state index is 11.7. The number of ether oxygens (including phenoxy) is 3. The number of piperidine rings is 1. The molecule has 0 aliphatic carbocycles. The van der Waals surface area contributed by atoms with Gasteiger partial charge < -0.3 is 19.3 Å². The molecule has 0 bridgehead atoms. The molecule has 2 atom stereocenters. The summed E-state index contributed by atoms with van der Waals surface area (Å²) in [6.07, 6.45) is 1.45. The van der Waals surface area contributed by atoms with E-state index in [4.69, 9.17) is 25.8 Å². The van der Waals surface area contributed by atoms with Crippen molar-refractivity contribution in [2.24, 2.45) is 5.92 Å². The van der Waals surface area contributed by atoms with Crippen molar-refractivity contribution in [2.45, 2.75) is 25.8 Å². The molecule has 7 heteroatoms. The molecule has 1 aliphatic rings. The van der Waals surface area contributed by atoms with Gasteiger partial charge in [-0.3, -0.25) is 9.69 Å². The van der Waals surface area contributed by atoms with Crippen molar-refractivity contribution in [1.82, 2.24) is 4.90 Å². The number of likely N-dealkylation sites (tertiary alicyclic amines) is 1. The predicted octanol–water partition coefficient (Wildman–Crippen LogP) is 4.64. The quantitative estimate of drug-likeness (QED) is 0.654. The highest BCUT2D eigenvalue weighted by Gasteiger charge is 2.35. The molecule has 0 radical (unpaired) electrons. The lowest BCUT2D eigenvalue weighted by atomic mass is 9.90. The second-order valence-electron chi connectivity index (χ2n) is 7.27. The van der Waals surface area contributed by atoms with E-state index in [1.54, 1.807) is 20.3 Å². The molecule has 2 unspecified atom stereocenters. The van der Waals surface area contributed by atoms with Gasteiger partial charge in [-0.15, -0.1) is 0 Å². The number of hydrogen-bond donors (Lipinski definition) is 1. The summed E-state index contributed by atoms with van der Waals surface area (Å²) in [5, 5.41) is 10.2. The maximum Gasteiger partial charge on any atom is 0.307 e. The Morgan fingerprint density at radius 1 is 1.20 bits per heavy atom. The summed E-state index contributed by atoms with van der Waals surface area (Å²) >= 11 is 6.38. The standard InChI is InChI=1S/C23H28ClNO5/c1-4-30-18-11-10-16(24)13-17(18)22(25-12-6-7-15(14-25)23(26)27)21-19(28-2)8-5-9-20(21)29-3/h5,8-11,13,15,22H,4,6-7,12,14H2,1-3H3,(H,26,27). The van der Waals surface area contributed by atoms with Crippen molar-refractivity contribution < 1.29 is 24.1 Å². The van der Waals surface area contributed by atoms with E-state index in [0.29, 0.717) is 41.8 Å². The first kappa shape index (κ1) is 22.2. The fraction of sp³-hybridized carbons (Fsp3) is 0.435. The number of halogens is 1. The zero-order valence-corrected chi connectivity index (χ0v) is 18.3. The van der Waals surface area contributed by atoms with Gasteiger partial charge in [-0.1, -0.05) is 17.7 Å². The number of carboxylic acids is 1. The van der Waals surface area contributed by atoms with Crippen LogP contribution in [0.2, 0.25) is 5.02 Å². The minimum Gasteiger partial charge on any atom is -0.496 e. The molecule has 3 rings (SSSR count). The first-order valence-corrected chi connectivity index (χ1v) is 10.5. The molecule has 6 nitrogen and oxygen atoms in total. The molecule has 2 aromatic carbocycles. The average molecular weight is 434 g/mol. The Kier molecular flexibility index (Phi) is 7.45. The zero-order chi connectivity index (χ0) is 21.7. The van der Waals surface area contributed by atoms with Gasteiger partial charge in [0, 0.05) is 17.1 Å². The topological polar surface area (TPSA) is 68.2 Å². The summed E-state index contributed by atoms with van der Waals surface area (Å²) in [6.45, 7) is 3.59. The summed E-state index contributed by atoms with van der Waals surface area (Å²) in [5.74, 6) is 0.828. The lowest BCUT2D eigenvalue weighted by molar-refractivity contribution is -0.143. The van der Waals surface area contributed by atoms with E-state index < -0.39 is 11.9 Å². The monoisotopic (exact) mass is 433 g/mol. The molecule has 1 heterocycles. The van der Waals surface area contributed by atoms with E-state index >= 15 is 0 Å². The van der Waals surface area contributed by atoms with E-state index in [0.717, 1.165) is 24.1 Å². The summed E-state index contributed by atoms with van der Waals surface area (Å²) in [5.41, 5.74) is 1.69.